The molecule has 0 saturated heterocycles. The molecule has 1 heteroatoms. The zero-order chi connectivity index (χ0) is 32.4. The Hall–Kier alpha value is -5.92. The molecule has 0 radical (unpaired) electrons. The summed E-state index contributed by atoms with van der Waals surface area (Å²) < 4.78 is 33.0. The van der Waals surface area contributed by atoms with Crippen LogP contribution in [-0.4, -0.2) is 0 Å². The predicted molar refractivity (Wildman–Crippen MR) is 190 cm³/mol. The van der Waals surface area contributed by atoms with Gasteiger partial charge < -0.3 is 4.42 Å². The van der Waals surface area contributed by atoms with E-state index in [-0.39, 0.29) is 18.1 Å². The molecule has 1 nitrogen and oxygen atoms in total. The average molecular weight is 576 g/mol. The third-order valence-electron chi connectivity index (χ3n) is 8.88. The van der Waals surface area contributed by atoms with Crippen LogP contribution in [0.5, 0.6) is 0 Å². The van der Waals surface area contributed by atoms with Gasteiger partial charge in [-0.1, -0.05) is 152 Å². The summed E-state index contributed by atoms with van der Waals surface area (Å²) in [5.74, 6) is 0. The first-order chi connectivity index (χ1) is 23.6. The van der Waals surface area contributed by atoms with Crippen LogP contribution in [0.25, 0.3) is 88.0 Å². The molecule has 1 heterocycles. The minimum absolute atomic E-state index is 0.0426. The Morgan fingerprint density at radius 3 is 1.49 bits per heavy atom. The Labute approximate surface area is 265 Å². The SMILES string of the molecule is [2H]c1cc(-c2ccccc2)c(-c2c3ccccc3c(-c3cc4c(cc3-c3ccccc3)oc3ccccc34)c3ccccc23)c([2H])c1[2H]. The van der Waals surface area contributed by atoms with Crippen molar-refractivity contribution in [1.29, 1.82) is 0 Å². The molecule has 0 spiro atoms. The van der Waals surface area contributed by atoms with E-state index in [4.69, 9.17) is 7.16 Å². The molecule has 9 aromatic rings. The topological polar surface area (TPSA) is 13.1 Å². The molecule has 0 aliphatic carbocycles. The first-order valence-electron chi connectivity index (χ1n) is 16.7. The van der Waals surface area contributed by atoms with Gasteiger partial charge in [0.1, 0.15) is 11.2 Å². The lowest BCUT2D eigenvalue weighted by atomic mass is 9.82. The highest BCUT2D eigenvalue weighted by Gasteiger charge is 2.22. The second kappa shape index (κ2) is 10.4. The summed E-state index contributed by atoms with van der Waals surface area (Å²) in [6.07, 6.45) is 0. The van der Waals surface area contributed by atoms with Crippen LogP contribution in [0.15, 0.2) is 174 Å². The van der Waals surface area contributed by atoms with E-state index in [0.717, 1.165) is 82.4 Å². The van der Waals surface area contributed by atoms with Gasteiger partial charge in [0.25, 0.3) is 0 Å². The molecule has 9 rings (SSSR count). The van der Waals surface area contributed by atoms with Crippen LogP contribution < -0.4 is 0 Å². The number of hydrogen-bond donors (Lipinski definition) is 0. The van der Waals surface area contributed by atoms with Crippen LogP contribution in [0, 0.1) is 0 Å². The molecule has 0 bridgehead atoms. The van der Waals surface area contributed by atoms with Gasteiger partial charge in [0.15, 0.2) is 0 Å². The summed E-state index contributed by atoms with van der Waals surface area (Å²) >= 11 is 0. The Morgan fingerprint density at radius 1 is 0.356 bits per heavy atom. The zero-order valence-electron chi connectivity index (χ0n) is 27.3. The summed E-state index contributed by atoms with van der Waals surface area (Å²) in [4.78, 5) is 0. The highest BCUT2D eigenvalue weighted by molar-refractivity contribution is 6.24. The third-order valence-corrected chi connectivity index (χ3v) is 8.88. The van der Waals surface area contributed by atoms with Gasteiger partial charge in [-0.3, -0.25) is 0 Å². The van der Waals surface area contributed by atoms with Gasteiger partial charge in [0, 0.05) is 10.8 Å². The van der Waals surface area contributed by atoms with Crippen molar-refractivity contribution in [3.05, 3.63) is 170 Å². The average Bonchev–Trinajstić information content (AvgIpc) is 3.51. The van der Waals surface area contributed by atoms with Crippen molar-refractivity contribution in [3.63, 3.8) is 0 Å². The van der Waals surface area contributed by atoms with E-state index in [2.05, 4.69) is 78.9 Å². The molecular formula is C44H28O. The Morgan fingerprint density at radius 2 is 0.867 bits per heavy atom. The van der Waals surface area contributed by atoms with E-state index >= 15 is 0 Å². The summed E-state index contributed by atoms with van der Waals surface area (Å²) in [5.41, 5.74) is 9.32. The molecule has 1 aromatic heterocycles. The smallest absolute Gasteiger partial charge is 0.136 e. The lowest BCUT2D eigenvalue weighted by Crippen LogP contribution is -1.94. The van der Waals surface area contributed by atoms with E-state index in [1.165, 1.54) is 0 Å². The molecule has 0 atom stereocenters. The summed E-state index contributed by atoms with van der Waals surface area (Å²) in [6.45, 7) is 0. The van der Waals surface area contributed by atoms with Crippen molar-refractivity contribution in [3.8, 4) is 44.5 Å². The van der Waals surface area contributed by atoms with Gasteiger partial charge >= 0.3 is 0 Å². The molecule has 45 heavy (non-hydrogen) atoms. The van der Waals surface area contributed by atoms with E-state index in [0.29, 0.717) is 5.56 Å². The lowest BCUT2D eigenvalue weighted by molar-refractivity contribution is 0.669. The summed E-state index contributed by atoms with van der Waals surface area (Å²) in [5, 5.41) is 6.21. The van der Waals surface area contributed by atoms with Gasteiger partial charge in [-0.15, -0.1) is 0 Å². The van der Waals surface area contributed by atoms with Crippen molar-refractivity contribution >= 4 is 43.5 Å². The standard InChI is InChI=1S/C44H28O/c1-3-15-29(16-4-1)31-19-7-8-21-33(31)43-34-22-9-11-24-36(34)44(37-25-12-10-23-35(37)43)40-27-39-32-20-13-14-26-41(32)45-42(39)28-38(40)30-17-5-2-6-18-30/h1-28H/i7D,8D,21D. The van der Waals surface area contributed by atoms with Gasteiger partial charge in [0.05, 0.1) is 4.11 Å². The first kappa shape index (κ1) is 22.6. The number of rotatable bonds is 4. The molecular weight excluding hydrogens is 544 g/mol. The van der Waals surface area contributed by atoms with Crippen molar-refractivity contribution in [1.82, 2.24) is 0 Å². The van der Waals surface area contributed by atoms with Gasteiger partial charge in [-0.05, 0) is 84.3 Å². The number of hydrogen-bond acceptors (Lipinski definition) is 1. The van der Waals surface area contributed by atoms with Gasteiger partial charge in [-0.2, -0.15) is 0 Å². The molecule has 210 valence electrons. The van der Waals surface area contributed by atoms with Crippen molar-refractivity contribution in [2.24, 2.45) is 0 Å². The molecule has 0 fully saturated rings. The monoisotopic (exact) mass is 575 g/mol. The minimum atomic E-state index is -0.0782. The fourth-order valence-corrected chi connectivity index (χ4v) is 6.91. The quantitative estimate of drug-likeness (QED) is 0.190. The van der Waals surface area contributed by atoms with Crippen LogP contribution in [0.1, 0.15) is 4.11 Å². The molecule has 0 aliphatic heterocycles. The van der Waals surface area contributed by atoms with Crippen LogP contribution in [0.3, 0.4) is 0 Å². The van der Waals surface area contributed by atoms with Crippen LogP contribution in [-0.2, 0) is 0 Å². The zero-order valence-corrected chi connectivity index (χ0v) is 24.3. The number of fused-ring (bicyclic) bond motifs is 5. The fourth-order valence-electron chi connectivity index (χ4n) is 6.91. The van der Waals surface area contributed by atoms with E-state index in [1.54, 1.807) is 6.07 Å². The maximum absolute atomic E-state index is 9.31. The molecule has 0 N–H and O–H groups in total. The summed E-state index contributed by atoms with van der Waals surface area (Å²) in [6, 6.07) is 51.6. The second-order valence-electron chi connectivity index (χ2n) is 11.4. The molecule has 0 saturated carbocycles. The molecule has 0 unspecified atom stereocenters. The van der Waals surface area contributed by atoms with Crippen LogP contribution in [0.4, 0.5) is 0 Å². The fraction of sp³-hybridized carbons (Fsp3) is 0. The van der Waals surface area contributed by atoms with Crippen molar-refractivity contribution < 1.29 is 8.53 Å². The number of furan rings is 1. The van der Waals surface area contributed by atoms with E-state index in [9.17, 15) is 1.37 Å². The Kier molecular flexibility index (Phi) is 5.20. The van der Waals surface area contributed by atoms with Crippen LogP contribution in [0.2, 0.25) is 0 Å². The number of para-hydroxylation sites is 1. The molecule has 0 aliphatic rings. The van der Waals surface area contributed by atoms with E-state index in [1.807, 2.05) is 66.7 Å². The Balaban J connectivity index is 1.46. The maximum Gasteiger partial charge on any atom is 0.136 e. The van der Waals surface area contributed by atoms with Crippen molar-refractivity contribution in [2.75, 3.05) is 0 Å². The van der Waals surface area contributed by atoms with Gasteiger partial charge in [-0.25, -0.2) is 0 Å². The third kappa shape index (κ3) is 4.09. The maximum atomic E-state index is 9.31. The first-order valence-corrected chi connectivity index (χ1v) is 15.2. The highest BCUT2D eigenvalue weighted by Crippen LogP contribution is 2.49. The lowest BCUT2D eigenvalue weighted by Gasteiger charge is -2.21. The van der Waals surface area contributed by atoms with E-state index < -0.39 is 0 Å². The largest absolute Gasteiger partial charge is 0.456 e. The van der Waals surface area contributed by atoms with Crippen molar-refractivity contribution in [2.45, 2.75) is 0 Å². The van der Waals surface area contributed by atoms with Crippen LogP contribution >= 0.6 is 0 Å². The Bertz CT molecular complexity index is 2640. The minimum Gasteiger partial charge on any atom is -0.456 e. The molecule has 8 aromatic carbocycles. The number of benzene rings is 8. The highest BCUT2D eigenvalue weighted by atomic mass is 16.3. The summed E-state index contributed by atoms with van der Waals surface area (Å²) in [7, 11) is 0. The normalized spacial score (nSPS) is 12.5. The molecule has 0 amide bonds. The van der Waals surface area contributed by atoms with Gasteiger partial charge in [0.2, 0.25) is 0 Å². The predicted octanol–water partition coefficient (Wildman–Crippen LogP) is 12.6. The second-order valence-corrected chi connectivity index (χ2v) is 11.4.